The van der Waals surface area contributed by atoms with Crippen molar-refractivity contribution in [2.75, 3.05) is 46.2 Å². The van der Waals surface area contributed by atoms with Gasteiger partial charge in [0.1, 0.15) is 0 Å². The van der Waals surface area contributed by atoms with Crippen LogP contribution in [-0.2, 0) is 18.7 Å². The maximum atomic E-state index is 5.30. The van der Waals surface area contributed by atoms with Crippen LogP contribution in [0, 0.1) is 0 Å². The topological polar surface area (TPSA) is 36.9 Å². The quantitative estimate of drug-likeness (QED) is 0.308. The van der Waals surface area contributed by atoms with Crippen molar-refractivity contribution in [3.05, 3.63) is 0 Å². The first kappa shape index (κ1) is 16.0. The largest absolute Gasteiger partial charge is 0.379 e. The van der Waals surface area contributed by atoms with Gasteiger partial charge in [-0.15, -0.1) is 0 Å². The lowest BCUT2D eigenvalue weighted by Gasteiger charge is -2.06. The molecule has 0 amide bonds. The highest BCUT2D eigenvalue weighted by Crippen LogP contribution is 2.20. The maximum absolute atomic E-state index is 5.30. The van der Waals surface area contributed by atoms with Crippen molar-refractivity contribution in [2.24, 2.45) is 0 Å². The molecule has 0 fully saturated rings. The van der Waals surface area contributed by atoms with Crippen molar-refractivity contribution in [3.63, 3.8) is 0 Å². The van der Waals surface area contributed by atoms with E-state index in [4.69, 9.17) is 18.7 Å². The Labute approximate surface area is 107 Å². The van der Waals surface area contributed by atoms with E-state index in [0.29, 0.717) is 46.1 Å². The monoisotopic (exact) mass is 350 g/mol. The van der Waals surface area contributed by atoms with E-state index in [2.05, 4.69) is 29.0 Å². The average Bonchev–Trinajstić information content (AvgIpc) is 2.26. The molecule has 92 valence electrons. The minimum absolute atomic E-state index is 0.512. The highest BCUT2D eigenvalue weighted by Gasteiger charge is 1.91. The van der Waals surface area contributed by atoms with E-state index in [-0.39, 0.29) is 0 Å². The van der Waals surface area contributed by atoms with Crippen molar-refractivity contribution >= 4 is 28.5 Å². The number of hydrogen-bond acceptors (Lipinski definition) is 4. The predicted molar refractivity (Wildman–Crippen MR) is 71.0 cm³/mol. The van der Waals surface area contributed by atoms with E-state index >= 15 is 0 Å². The minimum atomic E-state index is 0.512. The summed E-state index contributed by atoms with van der Waals surface area (Å²) in [6, 6.07) is 0. The lowest BCUT2D eigenvalue weighted by Crippen LogP contribution is -2.11. The lowest BCUT2D eigenvalue weighted by molar-refractivity contribution is 0.0104. The van der Waals surface area contributed by atoms with Gasteiger partial charge >= 0.3 is 0 Å². The molecule has 0 N–H and O–H groups in total. The molecule has 4 nitrogen and oxygen atoms in total. The molecule has 0 aromatic heterocycles. The molecule has 0 heterocycles. The van der Waals surface area contributed by atoms with Gasteiger partial charge in [0, 0.05) is 6.61 Å². The molecule has 0 radical (unpaired) electrons. The summed E-state index contributed by atoms with van der Waals surface area (Å²) >= 11 is 2.19. The Morgan fingerprint density at radius 1 is 0.800 bits per heavy atom. The van der Waals surface area contributed by atoms with Crippen LogP contribution in [0.1, 0.15) is 13.3 Å². The zero-order chi connectivity index (χ0) is 11.2. The Morgan fingerprint density at radius 2 is 1.27 bits per heavy atom. The second-order valence-corrected chi connectivity index (χ2v) is 4.53. The van der Waals surface area contributed by atoms with Crippen molar-refractivity contribution in [2.45, 2.75) is 13.3 Å². The van der Waals surface area contributed by atoms with Crippen molar-refractivity contribution in [1.82, 2.24) is 0 Å². The minimum Gasteiger partial charge on any atom is -0.379 e. The maximum Gasteiger partial charge on any atom is 0.0794 e. The summed E-state index contributed by atoms with van der Waals surface area (Å²) in [6.07, 6.45) is 1.06. The van der Waals surface area contributed by atoms with Gasteiger partial charge in [-0.1, -0.05) is 6.92 Å². The van der Waals surface area contributed by atoms with E-state index in [1.165, 1.54) is 0 Å². The SMILES string of the molecule is CCCOCCOCCOCCOPI. The van der Waals surface area contributed by atoms with Gasteiger partial charge in [-0.25, -0.2) is 0 Å². The number of hydrogen-bond donors (Lipinski definition) is 0. The van der Waals surface area contributed by atoms with Gasteiger partial charge in [0.15, 0.2) is 0 Å². The molecule has 0 aliphatic carbocycles. The first-order valence-electron chi connectivity index (χ1n) is 5.12. The van der Waals surface area contributed by atoms with Gasteiger partial charge in [-0.3, -0.25) is 0 Å². The van der Waals surface area contributed by atoms with E-state index in [9.17, 15) is 0 Å². The summed E-state index contributed by atoms with van der Waals surface area (Å²) in [4.78, 5) is 0. The fraction of sp³-hybridized carbons (Fsp3) is 1.00. The Kier molecular flexibility index (Phi) is 16.0. The van der Waals surface area contributed by atoms with Gasteiger partial charge in [-0.2, -0.15) is 0 Å². The van der Waals surface area contributed by atoms with Gasteiger partial charge in [0.05, 0.1) is 46.1 Å². The molecule has 6 heteroatoms. The molecule has 0 aromatic rings. The Hall–Kier alpha value is 1.00. The zero-order valence-corrected chi connectivity index (χ0v) is 12.3. The summed E-state index contributed by atoms with van der Waals surface area (Å²) in [7, 11) is 0. The molecule has 0 bridgehead atoms. The van der Waals surface area contributed by atoms with E-state index in [1.807, 2.05) is 0 Å². The van der Waals surface area contributed by atoms with Crippen LogP contribution in [0.4, 0.5) is 0 Å². The standard InChI is InChI=1S/C9H20IO4P/c1-2-3-11-4-5-12-6-7-13-8-9-14-15-10/h15H,2-9H2,1H3. The predicted octanol–water partition coefficient (Wildman–Crippen LogP) is 2.41. The Balaban J connectivity index is 2.81. The van der Waals surface area contributed by atoms with Crippen LogP contribution < -0.4 is 0 Å². The molecule has 0 saturated heterocycles. The highest BCUT2D eigenvalue weighted by molar-refractivity contribution is 14.2. The van der Waals surface area contributed by atoms with E-state index in [1.54, 1.807) is 0 Å². The molecule has 0 spiro atoms. The highest BCUT2D eigenvalue weighted by atomic mass is 127. The van der Waals surface area contributed by atoms with Crippen molar-refractivity contribution in [1.29, 1.82) is 0 Å². The van der Waals surface area contributed by atoms with Crippen LogP contribution >= 0.6 is 28.5 Å². The van der Waals surface area contributed by atoms with Crippen molar-refractivity contribution < 1.29 is 18.7 Å². The molecule has 0 aromatic carbocycles. The number of halogens is 1. The molecule has 0 aliphatic rings. The van der Waals surface area contributed by atoms with Crippen LogP contribution in [-0.4, -0.2) is 46.2 Å². The number of ether oxygens (including phenoxy) is 3. The lowest BCUT2D eigenvalue weighted by atomic mass is 10.5. The summed E-state index contributed by atoms with van der Waals surface area (Å²) < 4.78 is 21.0. The molecule has 1 atom stereocenters. The zero-order valence-electron chi connectivity index (χ0n) is 9.17. The third-order valence-electron chi connectivity index (χ3n) is 1.48. The van der Waals surface area contributed by atoms with Gasteiger partial charge in [0.2, 0.25) is 0 Å². The van der Waals surface area contributed by atoms with E-state index in [0.717, 1.165) is 13.0 Å². The Morgan fingerprint density at radius 3 is 1.73 bits per heavy atom. The van der Waals surface area contributed by atoms with Crippen molar-refractivity contribution in [3.8, 4) is 0 Å². The molecule has 15 heavy (non-hydrogen) atoms. The third-order valence-corrected chi connectivity index (χ3v) is 2.72. The van der Waals surface area contributed by atoms with Gasteiger partial charge in [0.25, 0.3) is 0 Å². The Bertz CT molecular complexity index is 106. The normalized spacial score (nSPS) is 11.6. The smallest absolute Gasteiger partial charge is 0.0794 e. The first-order chi connectivity index (χ1) is 7.41. The average molecular weight is 350 g/mol. The molecule has 0 saturated carbocycles. The van der Waals surface area contributed by atoms with Crippen LogP contribution in [0.2, 0.25) is 0 Å². The van der Waals surface area contributed by atoms with Gasteiger partial charge < -0.3 is 18.7 Å². The van der Waals surface area contributed by atoms with Crippen LogP contribution in [0.3, 0.4) is 0 Å². The molecule has 0 aliphatic heterocycles. The van der Waals surface area contributed by atoms with Crippen LogP contribution in [0.25, 0.3) is 0 Å². The van der Waals surface area contributed by atoms with E-state index < -0.39 is 0 Å². The second-order valence-electron chi connectivity index (χ2n) is 2.76. The third kappa shape index (κ3) is 15.0. The summed E-state index contributed by atoms with van der Waals surface area (Å²) in [5, 5.41) is 0. The molecule has 0 rings (SSSR count). The fourth-order valence-corrected chi connectivity index (χ4v) is 1.65. The van der Waals surface area contributed by atoms with Gasteiger partial charge in [-0.05, 0) is 28.5 Å². The fourth-order valence-electron chi connectivity index (χ4n) is 0.825. The second kappa shape index (κ2) is 15.0. The van der Waals surface area contributed by atoms with Crippen LogP contribution in [0.5, 0.6) is 0 Å². The molecular formula is C9H20IO4P. The molecule has 1 unspecified atom stereocenters. The number of rotatable bonds is 12. The first-order valence-corrected chi connectivity index (χ1v) is 9.14. The molecular weight excluding hydrogens is 330 g/mol. The summed E-state index contributed by atoms with van der Waals surface area (Å²) in [5.74, 6) is 0. The summed E-state index contributed by atoms with van der Waals surface area (Å²) in [6.45, 7) is 7.30. The van der Waals surface area contributed by atoms with Crippen LogP contribution in [0.15, 0.2) is 0 Å². The summed E-state index contributed by atoms with van der Waals surface area (Å²) in [5.41, 5.74) is 0.